The Bertz CT molecular complexity index is 44.9. The zero-order valence-electron chi connectivity index (χ0n) is 2.82. The summed E-state index contributed by atoms with van der Waals surface area (Å²) < 4.78 is 4.28. The molecule has 0 saturated carbocycles. The SMILES string of the molecule is COC(=N)[Se]. The molecule has 1 N–H and O–H groups in total. The van der Waals surface area contributed by atoms with Gasteiger partial charge in [-0.05, 0) is 0 Å². The molecule has 0 unspecified atom stereocenters. The van der Waals surface area contributed by atoms with Gasteiger partial charge in [0.2, 0.25) is 0 Å². The van der Waals surface area contributed by atoms with Crippen LogP contribution < -0.4 is 0 Å². The van der Waals surface area contributed by atoms with Crippen LogP contribution in [-0.4, -0.2) is 27.9 Å². The van der Waals surface area contributed by atoms with Crippen molar-refractivity contribution in [3.8, 4) is 0 Å². The summed E-state index contributed by atoms with van der Waals surface area (Å²) in [5.74, 6) is 0. The average Bonchev–Trinajstić information content (AvgIpc) is 1.38. The van der Waals surface area contributed by atoms with E-state index in [-0.39, 0.29) is 4.80 Å². The Morgan fingerprint density at radius 3 is 2.20 bits per heavy atom. The zero-order chi connectivity index (χ0) is 4.28. The van der Waals surface area contributed by atoms with E-state index in [0.29, 0.717) is 0 Å². The van der Waals surface area contributed by atoms with Crippen LogP contribution in [0.2, 0.25) is 0 Å². The molecule has 0 aliphatic heterocycles. The third-order valence-electron chi connectivity index (χ3n) is 0.185. The van der Waals surface area contributed by atoms with E-state index >= 15 is 0 Å². The summed E-state index contributed by atoms with van der Waals surface area (Å²) in [5, 5.41) is 6.47. The maximum absolute atomic E-state index is 6.47. The molecule has 0 heterocycles. The van der Waals surface area contributed by atoms with Crippen molar-refractivity contribution in [1.29, 1.82) is 5.41 Å². The second-order valence-electron chi connectivity index (χ2n) is 0.492. The predicted octanol–water partition coefficient (Wildman–Crippen LogP) is -0.264. The topological polar surface area (TPSA) is 33.1 Å². The van der Waals surface area contributed by atoms with E-state index in [1.165, 1.54) is 7.11 Å². The van der Waals surface area contributed by atoms with Crippen LogP contribution in [0.25, 0.3) is 0 Å². The minimum atomic E-state index is 0.130. The average molecular weight is 137 g/mol. The van der Waals surface area contributed by atoms with Gasteiger partial charge in [-0.25, -0.2) is 0 Å². The van der Waals surface area contributed by atoms with Crippen LogP contribution in [0.4, 0.5) is 0 Å². The van der Waals surface area contributed by atoms with Gasteiger partial charge < -0.3 is 0 Å². The van der Waals surface area contributed by atoms with Crippen molar-refractivity contribution in [1.82, 2.24) is 0 Å². The molecule has 1 radical (unpaired) electrons. The molecule has 0 aliphatic rings. The number of hydrogen-bond acceptors (Lipinski definition) is 2. The second-order valence-corrected chi connectivity index (χ2v) is 1.27. The third-order valence-corrected chi connectivity index (χ3v) is 0.535. The van der Waals surface area contributed by atoms with Gasteiger partial charge in [0, 0.05) is 0 Å². The first-order valence-electron chi connectivity index (χ1n) is 1.07. The molecule has 0 aromatic heterocycles. The summed E-state index contributed by atoms with van der Waals surface area (Å²) in [5.41, 5.74) is 0. The first kappa shape index (κ1) is 4.99. The van der Waals surface area contributed by atoms with Gasteiger partial charge >= 0.3 is 38.1 Å². The van der Waals surface area contributed by atoms with Crippen LogP contribution in [-0.2, 0) is 4.74 Å². The van der Waals surface area contributed by atoms with Crippen LogP contribution in [0, 0.1) is 5.41 Å². The Morgan fingerprint density at radius 2 is 2.20 bits per heavy atom. The van der Waals surface area contributed by atoms with Crippen molar-refractivity contribution >= 4 is 20.8 Å². The van der Waals surface area contributed by atoms with E-state index in [9.17, 15) is 0 Å². The van der Waals surface area contributed by atoms with Crippen molar-refractivity contribution in [2.45, 2.75) is 0 Å². The van der Waals surface area contributed by atoms with Crippen molar-refractivity contribution < 1.29 is 4.74 Å². The predicted molar refractivity (Wildman–Crippen MR) is 20.5 cm³/mol. The number of nitrogens with one attached hydrogen (secondary N) is 1. The van der Waals surface area contributed by atoms with Crippen molar-refractivity contribution in [2.75, 3.05) is 7.11 Å². The summed E-state index contributed by atoms with van der Waals surface area (Å²) in [6.45, 7) is 0. The minimum absolute atomic E-state index is 0.130. The fourth-order valence-electron chi connectivity index (χ4n) is 0. The molecule has 3 heteroatoms. The van der Waals surface area contributed by atoms with Gasteiger partial charge in [0.1, 0.15) is 0 Å². The molecule has 0 bridgehead atoms. The van der Waals surface area contributed by atoms with E-state index in [1.807, 2.05) is 0 Å². The van der Waals surface area contributed by atoms with E-state index in [2.05, 4.69) is 20.7 Å². The fraction of sp³-hybridized carbons (Fsp3) is 0.500. The molecule has 0 aromatic carbocycles. The molecule has 0 saturated heterocycles. The zero-order valence-corrected chi connectivity index (χ0v) is 4.53. The van der Waals surface area contributed by atoms with Crippen molar-refractivity contribution in [3.05, 3.63) is 0 Å². The Hall–Kier alpha value is -0.0105. The summed E-state index contributed by atoms with van der Waals surface area (Å²) in [6.07, 6.45) is 0. The van der Waals surface area contributed by atoms with E-state index < -0.39 is 0 Å². The third kappa shape index (κ3) is 3.99. The molecular weight excluding hydrogens is 133 g/mol. The number of methoxy groups -OCH3 is 1. The summed E-state index contributed by atoms with van der Waals surface area (Å²) >= 11 is 2.35. The summed E-state index contributed by atoms with van der Waals surface area (Å²) in [7, 11) is 1.44. The summed E-state index contributed by atoms with van der Waals surface area (Å²) in [4.78, 5) is 0.130. The molecule has 0 aromatic rings. The van der Waals surface area contributed by atoms with E-state index in [4.69, 9.17) is 5.41 Å². The van der Waals surface area contributed by atoms with Crippen LogP contribution in [0.5, 0.6) is 0 Å². The number of rotatable bonds is 0. The Kier molecular flexibility index (Phi) is 2.24. The quantitative estimate of drug-likeness (QED) is 0.278. The maximum atomic E-state index is 6.47. The fourth-order valence-corrected chi connectivity index (χ4v) is 0. The van der Waals surface area contributed by atoms with Crippen molar-refractivity contribution in [3.63, 3.8) is 0 Å². The van der Waals surface area contributed by atoms with Crippen LogP contribution in [0.15, 0.2) is 0 Å². The first-order valence-corrected chi connectivity index (χ1v) is 1.92. The van der Waals surface area contributed by atoms with Gasteiger partial charge in [-0.2, -0.15) is 0 Å². The van der Waals surface area contributed by atoms with Crippen LogP contribution >= 0.6 is 0 Å². The molecule has 0 spiro atoms. The van der Waals surface area contributed by atoms with Gasteiger partial charge in [0.25, 0.3) is 0 Å². The van der Waals surface area contributed by atoms with E-state index in [0.717, 1.165) is 0 Å². The van der Waals surface area contributed by atoms with Crippen molar-refractivity contribution in [2.24, 2.45) is 0 Å². The first-order chi connectivity index (χ1) is 2.27. The summed E-state index contributed by atoms with van der Waals surface area (Å²) in [6, 6.07) is 0. The van der Waals surface area contributed by atoms with Crippen LogP contribution in [0.3, 0.4) is 0 Å². The Labute approximate surface area is 38.8 Å². The Morgan fingerprint density at radius 1 is 2.00 bits per heavy atom. The molecule has 0 atom stereocenters. The molecule has 29 valence electrons. The Balaban J connectivity index is 2.85. The van der Waals surface area contributed by atoms with Gasteiger partial charge in [-0.15, -0.1) is 0 Å². The standard InChI is InChI=1S/C2H4NOSe/c1-4-2(3)5/h3H,1H3. The van der Waals surface area contributed by atoms with E-state index in [1.54, 1.807) is 0 Å². The molecule has 5 heavy (non-hydrogen) atoms. The molecule has 0 amide bonds. The molecule has 0 aliphatic carbocycles. The molecule has 0 rings (SSSR count). The second kappa shape index (κ2) is 2.24. The molecule has 2 nitrogen and oxygen atoms in total. The molecular formula is C2H4NOSe. The number of hydrogen-bond donors (Lipinski definition) is 1. The van der Waals surface area contributed by atoms with Gasteiger partial charge in [0.15, 0.2) is 0 Å². The monoisotopic (exact) mass is 138 g/mol. The molecule has 0 fully saturated rings. The normalized spacial score (nSPS) is 6.60. The van der Waals surface area contributed by atoms with Gasteiger partial charge in [-0.1, -0.05) is 0 Å². The van der Waals surface area contributed by atoms with Crippen LogP contribution in [0.1, 0.15) is 0 Å². The number of ether oxygens (including phenoxy) is 1. The van der Waals surface area contributed by atoms with Gasteiger partial charge in [0.05, 0.1) is 0 Å². The van der Waals surface area contributed by atoms with Gasteiger partial charge in [-0.3, -0.25) is 0 Å².